The molecule has 1 N–H and O–H groups in total. The van der Waals surface area contributed by atoms with Crippen LogP contribution in [0.5, 0.6) is 0 Å². The smallest absolute Gasteiger partial charge is 0.221 e. The summed E-state index contributed by atoms with van der Waals surface area (Å²) < 4.78 is 0. The molecule has 3 heteroatoms. The van der Waals surface area contributed by atoms with Crippen molar-refractivity contribution in [2.24, 2.45) is 0 Å². The van der Waals surface area contributed by atoms with Gasteiger partial charge in [0.1, 0.15) is 5.69 Å². The van der Waals surface area contributed by atoms with E-state index in [-0.39, 0.29) is 5.91 Å². The van der Waals surface area contributed by atoms with Crippen LogP contribution in [0.15, 0.2) is 18.3 Å². The lowest BCUT2D eigenvalue weighted by molar-refractivity contribution is -0.114. The highest BCUT2D eigenvalue weighted by Crippen LogP contribution is 2.06. The number of aromatic nitrogens is 1. The number of hydrogen-bond acceptors (Lipinski definition) is 2. The largest absolute Gasteiger partial charge is 0.326 e. The maximum atomic E-state index is 10.6. The zero-order chi connectivity index (χ0) is 8.97. The monoisotopic (exact) mass is 160 g/mol. The minimum Gasteiger partial charge on any atom is -0.326 e. The Bertz CT molecular complexity index is 339. The molecule has 1 aromatic rings. The van der Waals surface area contributed by atoms with Gasteiger partial charge in [-0.05, 0) is 12.1 Å². The second-order valence-electron chi connectivity index (χ2n) is 2.26. The molecule has 60 valence electrons. The second-order valence-corrected chi connectivity index (χ2v) is 2.26. The van der Waals surface area contributed by atoms with Gasteiger partial charge in [0.15, 0.2) is 0 Å². The van der Waals surface area contributed by atoms with E-state index in [1.54, 1.807) is 18.3 Å². The first-order valence-corrected chi connectivity index (χ1v) is 3.42. The van der Waals surface area contributed by atoms with Gasteiger partial charge in [0.25, 0.3) is 0 Å². The molecular formula is C9H8N2O. The zero-order valence-electron chi connectivity index (χ0n) is 6.66. The summed E-state index contributed by atoms with van der Waals surface area (Å²) in [4.78, 5) is 14.5. The third-order valence-electron chi connectivity index (χ3n) is 1.23. The molecule has 1 heterocycles. The molecular weight excluding hydrogens is 152 g/mol. The summed E-state index contributed by atoms with van der Waals surface area (Å²) >= 11 is 0. The molecule has 1 rings (SSSR count). The lowest BCUT2D eigenvalue weighted by Crippen LogP contribution is -2.05. The molecule has 0 aliphatic rings. The van der Waals surface area contributed by atoms with E-state index >= 15 is 0 Å². The zero-order valence-corrected chi connectivity index (χ0v) is 6.66. The molecule has 0 atom stereocenters. The number of hydrogen-bond donors (Lipinski definition) is 1. The van der Waals surface area contributed by atoms with Gasteiger partial charge in [-0.3, -0.25) is 4.79 Å². The summed E-state index contributed by atoms with van der Waals surface area (Å²) in [5.74, 6) is 2.26. The normalized spacial score (nSPS) is 8.67. The highest BCUT2D eigenvalue weighted by molar-refractivity contribution is 5.88. The van der Waals surface area contributed by atoms with E-state index in [2.05, 4.69) is 16.2 Å². The number of terminal acetylenes is 1. The van der Waals surface area contributed by atoms with Gasteiger partial charge in [-0.1, -0.05) is 5.92 Å². The first-order chi connectivity index (χ1) is 5.72. The molecule has 0 saturated heterocycles. The van der Waals surface area contributed by atoms with Crippen LogP contribution in [-0.4, -0.2) is 10.9 Å². The van der Waals surface area contributed by atoms with Crippen LogP contribution in [0, 0.1) is 12.3 Å². The lowest BCUT2D eigenvalue weighted by Gasteiger charge is -2.00. The molecule has 0 aliphatic heterocycles. The minimum atomic E-state index is -0.121. The third-order valence-corrected chi connectivity index (χ3v) is 1.23. The summed E-state index contributed by atoms with van der Waals surface area (Å²) in [5.41, 5.74) is 1.19. The van der Waals surface area contributed by atoms with Gasteiger partial charge in [-0.25, -0.2) is 4.98 Å². The molecule has 0 aromatic carbocycles. The van der Waals surface area contributed by atoms with Crippen LogP contribution < -0.4 is 5.32 Å². The van der Waals surface area contributed by atoms with Crippen molar-refractivity contribution < 1.29 is 4.79 Å². The van der Waals surface area contributed by atoms with E-state index in [9.17, 15) is 4.79 Å². The Morgan fingerprint density at radius 1 is 1.75 bits per heavy atom. The Labute approximate surface area is 70.8 Å². The quantitative estimate of drug-likeness (QED) is 0.623. The Morgan fingerprint density at radius 3 is 3.08 bits per heavy atom. The van der Waals surface area contributed by atoms with E-state index < -0.39 is 0 Å². The first-order valence-electron chi connectivity index (χ1n) is 3.42. The first kappa shape index (κ1) is 8.28. The lowest BCUT2D eigenvalue weighted by atomic mass is 10.3. The molecule has 0 fully saturated rings. The summed E-state index contributed by atoms with van der Waals surface area (Å²) in [7, 11) is 0. The van der Waals surface area contributed by atoms with Gasteiger partial charge >= 0.3 is 0 Å². The molecule has 1 aromatic heterocycles. The fourth-order valence-electron chi connectivity index (χ4n) is 0.790. The van der Waals surface area contributed by atoms with E-state index in [0.717, 1.165) is 0 Å². The van der Waals surface area contributed by atoms with Crippen molar-refractivity contribution in [1.29, 1.82) is 0 Å². The maximum absolute atomic E-state index is 10.6. The Hall–Kier alpha value is -1.82. The maximum Gasteiger partial charge on any atom is 0.221 e. The van der Waals surface area contributed by atoms with Crippen LogP contribution in [0.3, 0.4) is 0 Å². The fraction of sp³-hybridized carbons (Fsp3) is 0.111. The van der Waals surface area contributed by atoms with E-state index in [1.165, 1.54) is 6.92 Å². The molecule has 0 unspecified atom stereocenters. The van der Waals surface area contributed by atoms with Gasteiger partial charge in [0, 0.05) is 18.8 Å². The predicted octanol–water partition coefficient (Wildman–Crippen LogP) is 1.02. The second kappa shape index (κ2) is 3.54. The van der Waals surface area contributed by atoms with E-state index in [4.69, 9.17) is 6.42 Å². The van der Waals surface area contributed by atoms with Crippen LogP contribution >= 0.6 is 0 Å². The van der Waals surface area contributed by atoms with E-state index in [0.29, 0.717) is 11.4 Å². The van der Waals surface area contributed by atoms with Crippen molar-refractivity contribution >= 4 is 11.6 Å². The van der Waals surface area contributed by atoms with Crippen LogP contribution in [0.1, 0.15) is 12.6 Å². The van der Waals surface area contributed by atoms with Gasteiger partial charge in [-0.2, -0.15) is 0 Å². The van der Waals surface area contributed by atoms with Crippen molar-refractivity contribution in [2.45, 2.75) is 6.92 Å². The number of pyridine rings is 1. The van der Waals surface area contributed by atoms with Crippen molar-refractivity contribution in [3.8, 4) is 12.3 Å². The van der Waals surface area contributed by atoms with Gasteiger partial charge < -0.3 is 5.32 Å². The van der Waals surface area contributed by atoms with Crippen LogP contribution in [0.25, 0.3) is 0 Å². The van der Waals surface area contributed by atoms with Gasteiger partial charge in [0.05, 0.1) is 0 Å². The summed E-state index contributed by atoms with van der Waals surface area (Å²) in [6.45, 7) is 1.44. The number of nitrogens with one attached hydrogen (secondary N) is 1. The average Bonchev–Trinajstić information content (AvgIpc) is 2.03. The van der Waals surface area contributed by atoms with Crippen molar-refractivity contribution in [1.82, 2.24) is 4.98 Å². The van der Waals surface area contributed by atoms with Gasteiger partial charge in [0.2, 0.25) is 5.91 Å². The fourth-order valence-corrected chi connectivity index (χ4v) is 0.790. The van der Waals surface area contributed by atoms with Crippen molar-refractivity contribution in [3.63, 3.8) is 0 Å². The van der Waals surface area contributed by atoms with Crippen molar-refractivity contribution in [2.75, 3.05) is 5.32 Å². The third kappa shape index (κ3) is 2.10. The predicted molar refractivity (Wildman–Crippen MR) is 46.5 cm³/mol. The number of carbonyl (C=O) groups is 1. The molecule has 0 aliphatic carbocycles. The molecule has 0 bridgehead atoms. The summed E-state index contributed by atoms with van der Waals surface area (Å²) in [6, 6.07) is 3.32. The summed E-state index contributed by atoms with van der Waals surface area (Å²) in [6.07, 6.45) is 6.68. The molecule has 1 amide bonds. The number of amides is 1. The Morgan fingerprint density at radius 2 is 2.50 bits per heavy atom. The standard InChI is InChI=1S/C9H8N2O/c1-3-8-6-9(4-5-10-8)11-7(2)12/h1,4-6H,2H3,(H,10,11,12). The molecule has 3 nitrogen and oxygen atoms in total. The number of anilines is 1. The number of rotatable bonds is 1. The summed E-state index contributed by atoms with van der Waals surface area (Å²) in [5, 5.41) is 2.60. The number of carbonyl (C=O) groups excluding carboxylic acids is 1. The van der Waals surface area contributed by atoms with Gasteiger partial charge in [-0.15, -0.1) is 6.42 Å². The SMILES string of the molecule is C#Cc1cc(NC(C)=O)ccn1. The highest BCUT2D eigenvalue weighted by Gasteiger charge is 1.95. The van der Waals surface area contributed by atoms with Crippen molar-refractivity contribution in [3.05, 3.63) is 24.0 Å². The minimum absolute atomic E-state index is 0.121. The molecule has 0 radical (unpaired) electrons. The van der Waals surface area contributed by atoms with Crippen LogP contribution in [0.2, 0.25) is 0 Å². The molecule has 0 spiro atoms. The van der Waals surface area contributed by atoms with Crippen LogP contribution in [-0.2, 0) is 4.79 Å². The highest BCUT2D eigenvalue weighted by atomic mass is 16.1. The Balaban J connectivity index is 2.88. The Kier molecular flexibility index (Phi) is 2.44. The molecule has 0 saturated carbocycles. The molecule has 12 heavy (non-hydrogen) atoms. The topological polar surface area (TPSA) is 42.0 Å². The van der Waals surface area contributed by atoms with E-state index in [1.807, 2.05) is 0 Å². The number of nitrogens with zero attached hydrogens (tertiary/aromatic N) is 1. The van der Waals surface area contributed by atoms with Crippen LogP contribution in [0.4, 0.5) is 5.69 Å². The average molecular weight is 160 g/mol.